The molecular weight excluding hydrogens is 292 g/mol. The Bertz CT molecular complexity index is 669. The van der Waals surface area contributed by atoms with Crippen molar-refractivity contribution in [1.82, 2.24) is 10.1 Å². The normalized spacial score (nSPS) is 15.3. The average Bonchev–Trinajstić information content (AvgIpc) is 2.95. The Morgan fingerprint density at radius 3 is 2.57 bits per heavy atom. The number of aromatic nitrogens is 2. The molecule has 1 heterocycles. The van der Waals surface area contributed by atoms with Gasteiger partial charge in [-0.05, 0) is 37.0 Å². The summed E-state index contributed by atoms with van der Waals surface area (Å²) in [6.07, 6.45) is 3.84. The minimum absolute atomic E-state index is 0.166. The highest BCUT2D eigenvalue weighted by molar-refractivity contribution is 5.60. The molecule has 0 amide bonds. The molecule has 5 heteroatoms. The third-order valence-electron chi connectivity index (χ3n) is 4.19. The van der Waals surface area contributed by atoms with Crippen LogP contribution in [0, 0.1) is 5.92 Å². The SMILES string of the molecule is COc1cc(-c2noc(C(C)(C)C)n2)ccc1OCC1CCC1. The molecule has 0 saturated heterocycles. The maximum Gasteiger partial charge on any atom is 0.232 e. The molecule has 1 aliphatic carbocycles. The summed E-state index contributed by atoms with van der Waals surface area (Å²) in [6, 6.07) is 5.75. The fraction of sp³-hybridized carbons (Fsp3) is 0.556. The van der Waals surface area contributed by atoms with Crippen LogP contribution in [0.25, 0.3) is 11.4 Å². The molecule has 0 N–H and O–H groups in total. The van der Waals surface area contributed by atoms with Gasteiger partial charge in [-0.1, -0.05) is 32.3 Å². The van der Waals surface area contributed by atoms with Crippen LogP contribution in [-0.2, 0) is 5.41 Å². The Balaban J connectivity index is 1.79. The van der Waals surface area contributed by atoms with Crippen LogP contribution in [0.4, 0.5) is 0 Å². The summed E-state index contributed by atoms with van der Waals surface area (Å²) in [4.78, 5) is 4.48. The lowest BCUT2D eigenvalue weighted by Crippen LogP contribution is -2.19. The molecule has 3 rings (SSSR count). The van der Waals surface area contributed by atoms with Crippen LogP contribution < -0.4 is 9.47 Å². The van der Waals surface area contributed by atoms with Crippen molar-refractivity contribution in [3.63, 3.8) is 0 Å². The molecule has 2 aromatic rings. The lowest BCUT2D eigenvalue weighted by molar-refractivity contribution is 0.176. The van der Waals surface area contributed by atoms with E-state index in [1.165, 1.54) is 19.3 Å². The smallest absolute Gasteiger partial charge is 0.232 e. The van der Waals surface area contributed by atoms with Crippen molar-refractivity contribution in [3.05, 3.63) is 24.1 Å². The molecule has 1 aromatic heterocycles. The molecular formula is C18H24N2O3. The van der Waals surface area contributed by atoms with Gasteiger partial charge in [0.05, 0.1) is 13.7 Å². The van der Waals surface area contributed by atoms with Gasteiger partial charge in [0.15, 0.2) is 11.5 Å². The highest BCUT2D eigenvalue weighted by atomic mass is 16.5. The van der Waals surface area contributed by atoms with Crippen molar-refractivity contribution >= 4 is 0 Å². The van der Waals surface area contributed by atoms with Gasteiger partial charge in [0.25, 0.3) is 0 Å². The molecule has 1 fully saturated rings. The largest absolute Gasteiger partial charge is 0.493 e. The van der Waals surface area contributed by atoms with Crippen LogP contribution in [0.2, 0.25) is 0 Å². The van der Waals surface area contributed by atoms with Gasteiger partial charge < -0.3 is 14.0 Å². The zero-order valence-electron chi connectivity index (χ0n) is 14.3. The maximum absolute atomic E-state index is 5.89. The Labute approximate surface area is 137 Å². The van der Waals surface area contributed by atoms with Crippen molar-refractivity contribution in [2.24, 2.45) is 5.92 Å². The molecule has 0 radical (unpaired) electrons. The van der Waals surface area contributed by atoms with E-state index in [0.29, 0.717) is 23.4 Å². The van der Waals surface area contributed by atoms with Gasteiger partial charge in [0.2, 0.25) is 11.7 Å². The fourth-order valence-electron chi connectivity index (χ4n) is 2.44. The van der Waals surface area contributed by atoms with Gasteiger partial charge in [-0.2, -0.15) is 4.98 Å². The average molecular weight is 316 g/mol. The number of nitrogens with zero attached hydrogens (tertiary/aromatic N) is 2. The summed E-state index contributed by atoms with van der Waals surface area (Å²) in [5, 5.41) is 4.07. The van der Waals surface area contributed by atoms with Crippen LogP contribution in [0.3, 0.4) is 0 Å². The van der Waals surface area contributed by atoms with Gasteiger partial charge in [-0.25, -0.2) is 0 Å². The fourth-order valence-corrected chi connectivity index (χ4v) is 2.44. The minimum atomic E-state index is -0.166. The summed E-state index contributed by atoms with van der Waals surface area (Å²) in [7, 11) is 1.64. The first-order valence-electron chi connectivity index (χ1n) is 8.13. The van der Waals surface area contributed by atoms with Crippen LogP contribution >= 0.6 is 0 Å². The highest BCUT2D eigenvalue weighted by Crippen LogP contribution is 2.34. The number of hydrogen-bond acceptors (Lipinski definition) is 5. The maximum atomic E-state index is 5.89. The second-order valence-electron chi connectivity index (χ2n) is 7.15. The number of hydrogen-bond donors (Lipinski definition) is 0. The monoisotopic (exact) mass is 316 g/mol. The van der Waals surface area contributed by atoms with Gasteiger partial charge in [-0.3, -0.25) is 0 Å². The van der Waals surface area contributed by atoms with E-state index < -0.39 is 0 Å². The summed E-state index contributed by atoms with van der Waals surface area (Å²) >= 11 is 0. The van der Waals surface area contributed by atoms with Gasteiger partial charge in [0, 0.05) is 11.0 Å². The first-order chi connectivity index (χ1) is 11.0. The van der Waals surface area contributed by atoms with Crippen molar-refractivity contribution in [2.45, 2.75) is 45.4 Å². The van der Waals surface area contributed by atoms with E-state index in [0.717, 1.165) is 17.9 Å². The van der Waals surface area contributed by atoms with Gasteiger partial charge in [0.1, 0.15) is 0 Å². The molecule has 5 nitrogen and oxygen atoms in total. The Kier molecular flexibility index (Phi) is 4.28. The summed E-state index contributed by atoms with van der Waals surface area (Å²) < 4.78 is 16.7. The van der Waals surface area contributed by atoms with E-state index in [9.17, 15) is 0 Å². The van der Waals surface area contributed by atoms with Crippen molar-refractivity contribution in [3.8, 4) is 22.9 Å². The van der Waals surface area contributed by atoms with E-state index in [2.05, 4.69) is 10.1 Å². The number of rotatable bonds is 5. The molecule has 1 saturated carbocycles. The van der Waals surface area contributed by atoms with Crippen LogP contribution in [0.1, 0.15) is 45.9 Å². The predicted octanol–water partition coefficient (Wildman–Crippen LogP) is 4.22. The topological polar surface area (TPSA) is 57.4 Å². The predicted molar refractivity (Wildman–Crippen MR) is 87.8 cm³/mol. The second kappa shape index (κ2) is 6.22. The summed E-state index contributed by atoms with van der Waals surface area (Å²) in [5.74, 6) is 3.34. The minimum Gasteiger partial charge on any atom is -0.493 e. The second-order valence-corrected chi connectivity index (χ2v) is 7.15. The third-order valence-corrected chi connectivity index (χ3v) is 4.19. The van der Waals surface area contributed by atoms with E-state index >= 15 is 0 Å². The molecule has 0 bridgehead atoms. The molecule has 1 aliphatic rings. The molecule has 0 unspecified atom stereocenters. The highest BCUT2D eigenvalue weighted by Gasteiger charge is 2.23. The number of methoxy groups -OCH3 is 1. The molecule has 124 valence electrons. The molecule has 0 aliphatic heterocycles. The lowest BCUT2D eigenvalue weighted by Gasteiger charge is -2.25. The number of ether oxygens (including phenoxy) is 2. The van der Waals surface area contributed by atoms with Gasteiger partial charge in [-0.15, -0.1) is 0 Å². The zero-order chi connectivity index (χ0) is 16.4. The van der Waals surface area contributed by atoms with Crippen molar-refractivity contribution in [2.75, 3.05) is 13.7 Å². The zero-order valence-corrected chi connectivity index (χ0v) is 14.3. The third kappa shape index (κ3) is 3.49. The van der Waals surface area contributed by atoms with Gasteiger partial charge >= 0.3 is 0 Å². The quantitative estimate of drug-likeness (QED) is 0.826. The summed E-state index contributed by atoms with van der Waals surface area (Å²) in [5.41, 5.74) is 0.693. The molecule has 23 heavy (non-hydrogen) atoms. The summed E-state index contributed by atoms with van der Waals surface area (Å²) in [6.45, 7) is 6.89. The van der Waals surface area contributed by atoms with Crippen molar-refractivity contribution < 1.29 is 14.0 Å². The molecule has 0 atom stereocenters. The Hall–Kier alpha value is -2.04. The lowest BCUT2D eigenvalue weighted by atomic mass is 9.86. The molecule has 1 aromatic carbocycles. The van der Waals surface area contributed by atoms with E-state index in [4.69, 9.17) is 14.0 Å². The first-order valence-corrected chi connectivity index (χ1v) is 8.13. The van der Waals surface area contributed by atoms with Crippen molar-refractivity contribution in [1.29, 1.82) is 0 Å². The van der Waals surface area contributed by atoms with E-state index in [1.54, 1.807) is 7.11 Å². The van der Waals surface area contributed by atoms with Crippen LogP contribution in [0.15, 0.2) is 22.7 Å². The van der Waals surface area contributed by atoms with Crippen LogP contribution in [-0.4, -0.2) is 23.9 Å². The standard InChI is InChI=1S/C18H24N2O3/c1-18(2,3)17-19-16(20-23-17)13-8-9-14(15(10-13)21-4)22-11-12-6-5-7-12/h8-10,12H,5-7,11H2,1-4H3. The Morgan fingerprint density at radius 2 is 2.00 bits per heavy atom. The van der Waals surface area contributed by atoms with Crippen LogP contribution in [0.5, 0.6) is 11.5 Å². The van der Waals surface area contributed by atoms with E-state index in [1.807, 2.05) is 39.0 Å². The Morgan fingerprint density at radius 1 is 1.22 bits per heavy atom. The number of benzene rings is 1. The first kappa shape index (κ1) is 15.8. The van der Waals surface area contributed by atoms with E-state index in [-0.39, 0.29) is 5.41 Å². The molecule has 0 spiro atoms.